The SMILES string of the molecule is CC1CCCN(C(C)C(=O)N(C)Cc2cccc(F)c2)C1. The third-order valence-corrected chi connectivity index (χ3v) is 4.28. The number of halogens is 1. The number of likely N-dealkylation sites (N-methyl/N-ethyl adjacent to an activating group) is 1. The third kappa shape index (κ3) is 4.27. The highest BCUT2D eigenvalue weighted by molar-refractivity contribution is 5.81. The zero-order valence-corrected chi connectivity index (χ0v) is 13.2. The summed E-state index contributed by atoms with van der Waals surface area (Å²) in [5, 5.41) is 0. The lowest BCUT2D eigenvalue weighted by Crippen LogP contribution is -2.49. The highest BCUT2D eigenvalue weighted by Gasteiger charge is 2.27. The minimum atomic E-state index is -0.258. The third-order valence-electron chi connectivity index (χ3n) is 4.28. The Balaban J connectivity index is 1.95. The molecule has 1 aromatic carbocycles. The summed E-state index contributed by atoms with van der Waals surface area (Å²) in [7, 11) is 1.79. The van der Waals surface area contributed by atoms with Gasteiger partial charge >= 0.3 is 0 Å². The lowest BCUT2D eigenvalue weighted by molar-refractivity contribution is -0.136. The molecule has 0 radical (unpaired) electrons. The standard InChI is InChI=1S/C17H25FN2O/c1-13-6-5-9-20(11-13)14(2)17(21)19(3)12-15-7-4-8-16(18)10-15/h4,7-8,10,13-14H,5-6,9,11-12H2,1-3H3. The van der Waals surface area contributed by atoms with Crippen LogP contribution in [-0.4, -0.2) is 41.9 Å². The highest BCUT2D eigenvalue weighted by atomic mass is 19.1. The second kappa shape index (κ2) is 7.03. The molecule has 4 heteroatoms. The molecule has 0 N–H and O–H groups in total. The van der Waals surface area contributed by atoms with E-state index in [9.17, 15) is 9.18 Å². The Morgan fingerprint density at radius 2 is 2.29 bits per heavy atom. The second-order valence-electron chi connectivity index (χ2n) is 6.24. The van der Waals surface area contributed by atoms with Crippen molar-refractivity contribution in [1.82, 2.24) is 9.80 Å². The fourth-order valence-electron chi connectivity index (χ4n) is 3.04. The number of carbonyl (C=O) groups excluding carboxylic acids is 1. The van der Waals surface area contributed by atoms with E-state index in [2.05, 4.69) is 11.8 Å². The van der Waals surface area contributed by atoms with Crippen molar-refractivity contribution in [3.63, 3.8) is 0 Å². The van der Waals surface area contributed by atoms with Crippen LogP contribution in [0.4, 0.5) is 4.39 Å². The lowest BCUT2D eigenvalue weighted by atomic mass is 9.99. The van der Waals surface area contributed by atoms with Gasteiger partial charge in [-0.3, -0.25) is 9.69 Å². The number of piperidine rings is 1. The zero-order valence-electron chi connectivity index (χ0n) is 13.2. The molecule has 1 amide bonds. The Hall–Kier alpha value is -1.42. The summed E-state index contributed by atoms with van der Waals surface area (Å²) in [5.74, 6) is 0.502. The Morgan fingerprint density at radius 1 is 1.52 bits per heavy atom. The number of likely N-dealkylation sites (tertiary alicyclic amines) is 1. The average Bonchev–Trinajstić information content (AvgIpc) is 2.45. The zero-order chi connectivity index (χ0) is 15.4. The molecule has 1 aliphatic heterocycles. The monoisotopic (exact) mass is 292 g/mol. The van der Waals surface area contributed by atoms with Crippen LogP contribution in [0, 0.1) is 11.7 Å². The molecular formula is C17H25FN2O. The maximum atomic E-state index is 13.2. The summed E-state index contributed by atoms with van der Waals surface area (Å²) >= 11 is 0. The predicted molar refractivity (Wildman–Crippen MR) is 82.3 cm³/mol. The van der Waals surface area contributed by atoms with Crippen molar-refractivity contribution in [2.24, 2.45) is 5.92 Å². The molecule has 0 bridgehead atoms. The number of nitrogens with zero attached hydrogens (tertiary/aromatic N) is 2. The van der Waals surface area contributed by atoms with Gasteiger partial charge in [-0.15, -0.1) is 0 Å². The number of hydrogen-bond acceptors (Lipinski definition) is 2. The van der Waals surface area contributed by atoms with Gasteiger partial charge in [-0.25, -0.2) is 4.39 Å². The fourth-order valence-corrected chi connectivity index (χ4v) is 3.04. The first-order chi connectivity index (χ1) is 9.97. The van der Waals surface area contributed by atoms with Crippen LogP contribution in [0.15, 0.2) is 24.3 Å². The maximum absolute atomic E-state index is 13.2. The van der Waals surface area contributed by atoms with E-state index in [1.807, 2.05) is 13.0 Å². The molecule has 2 rings (SSSR count). The van der Waals surface area contributed by atoms with Crippen molar-refractivity contribution >= 4 is 5.91 Å². The van der Waals surface area contributed by atoms with E-state index in [1.165, 1.54) is 18.6 Å². The van der Waals surface area contributed by atoms with E-state index >= 15 is 0 Å². The van der Waals surface area contributed by atoms with Crippen LogP contribution >= 0.6 is 0 Å². The van der Waals surface area contributed by atoms with Gasteiger partial charge in [-0.1, -0.05) is 19.1 Å². The van der Waals surface area contributed by atoms with E-state index in [0.29, 0.717) is 12.5 Å². The van der Waals surface area contributed by atoms with Gasteiger partial charge in [0.25, 0.3) is 0 Å². The Labute approximate surface area is 126 Å². The lowest BCUT2D eigenvalue weighted by Gasteiger charge is -2.36. The van der Waals surface area contributed by atoms with Gasteiger partial charge in [-0.05, 0) is 49.9 Å². The molecule has 0 saturated carbocycles. The predicted octanol–water partition coefficient (Wildman–Crippen LogP) is 2.90. The molecule has 116 valence electrons. The van der Waals surface area contributed by atoms with E-state index in [-0.39, 0.29) is 17.8 Å². The van der Waals surface area contributed by atoms with E-state index in [1.54, 1.807) is 18.0 Å². The second-order valence-corrected chi connectivity index (χ2v) is 6.24. The summed E-state index contributed by atoms with van der Waals surface area (Å²) in [5.41, 5.74) is 0.824. The van der Waals surface area contributed by atoms with Crippen molar-refractivity contribution in [2.75, 3.05) is 20.1 Å². The minimum Gasteiger partial charge on any atom is -0.340 e. The van der Waals surface area contributed by atoms with Gasteiger partial charge in [0.05, 0.1) is 6.04 Å². The first kappa shape index (κ1) is 16.0. The largest absolute Gasteiger partial charge is 0.340 e. The Morgan fingerprint density at radius 3 is 2.95 bits per heavy atom. The minimum absolute atomic E-state index is 0.105. The van der Waals surface area contributed by atoms with Crippen LogP contribution in [0.5, 0.6) is 0 Å². The summed E-state index contributed by atoms with van der Waals surface area (Å²) in [6, 6.07) is 6.32. The first-order valence-electron chi connectivity index (χ1n) is 7.71. The van der Waals surface area contributed by atoms with Crippen LogP contribution < -0.4 is 0 Å². The number of amides is 1. The van der Waals surface area contributed by atoms with Gasteiger partial charge in [0, 0.05) is 20.1 Å². The molecule has 1 aromatic rings. The van der Waals surface area contributed by atoms with Gasteiger partial charge in [0.2, 0.25) is 5.91 Å². The van der Waals surface area contributed by atoms with Crippen molar-refractivity contribution in [3.05, 3.63) is 35.6 Å². The van der Waals surface area contributed by atoms with Gasteiger partial charge in [0.15, 0.2) is 0 Å². The molecule has 1 fully saturated rings. The molecule has 1 saturated heterocycles. The van der Waals surface area contributed by atoms with E-state index < -0.39 is 0 Å². The molecule has 21 heavy (non-hydrogen) atoms. The van der Waals surface area contributed by atoms with Crippen LogP contribution in [-0.2, 0) is 11.3 Å². The normalized spacial score (nSPS) is 21.0. The molecule has 0 aromatic heterocycles. The van der Waals surface area contributed by atoms with Gasteiger partial charge < -0.3 is 4.90 Å². The summed E-state index contributed by atoms with van der Waals surface area (Å²) in [6.07, 6.45) is 2.41. The topological polar surface area (TPSA) is 23.6 Å². The summed E-state index contributed by atoms with van der Waals surface area (Å²) in [6.45, 7) is 6.64. The van der Waals surface area contributed by atoms with Crippen LogP contribution in [0.25, 0.3) is 0 Å². The van der Waals surface area contributed by atoms with Crippen molar-refractivity contribution in [2.45, 2.75) is 39.3 Å². The number of rotatable bonds is 4. The summed E-state index contributed by atoms with van der Waals surface area (Å²) in [4.78, 5) is 16.5. The fraction of sp³-hybridized carbons (Fsp3) is 0.588. The molecule has 0 spiro atoms. The maximum Gasteiger partial charge on any atom is 0.239 e. The molecule has 1 heterocycles. The number of benzene rings is 1. The molecular weight excluding hydrogens is 267 g/mol. The molecule has 3 nitrogen and oxygen atoms in total. The van der Waals surface area contributed by atoms with E-state index in [4.69, 9.17) is 0 Å². The Bertz CT molecular complexity index is 491. The van der Waals surface area contributed by atoms with E-state index in [0.717, 1.165) is 25.1 Å². The van der Waals surface area contributed by atoms with Crippen molar-refractivity contribution < 1.29 is 9.18 Å². The number of carbonyl (C=O) groups is 1. The highest BCUT2D eigenvalue weighted by Crippen LogP contribution is 2.19. The molecule has 1 aliphatic rings. The smallest absolute Gasteiger partial charge is 0.239 e. The van der Waals surface area contributed by atoms with Crippen LogP contribution in [0.3, 0.4) is 0 Å². The van der Waals surface area contributed by atoms with Crippen molar-refractivity contribution in [3.8, 4) is 0 Å². The van der Waals surface area contributed by atoms with Crippen LogP contribution in [0.1, 0.15) is 32.3 Å². The average molecular weight is 292 g/mol. The molecule has 0 aliphatic carbocycles. The Kier molecular flexibility index (Phi) is 5.34. The quantitative estimate of drug-likeness (QED) is 0.852. The molecule has 2 atom stereocenters. The first-order valence-corrected chi connectivity index (χ1v) is 7.71. The molecule has 2 unspecified atom stereocenters. The van der Waals surface area contributed by atoms with Gasteiger partial charge in [0.1, 0.15) is 5.82 Å². The number of hydrogen-bond donors (Lipinski definition) is 0. The summed E-state index contributed by atoms with van der Waals surface area (Å²) < 4.78 is 13.2. The van der Waals surface area contributed by atoms with Crippen LogP contribution in [0.2, 0.25) is 0 Å². The van der Waals surface area contributed by atoms with Crippen molar-refractivity contribution in [1.29, 1.82) is 0 Å². The van der Waals surface area contributed by atoms with Gasteiger partial charge in [-0.2, -0.15) is 0 Å².